The predicted molar refractivity (Wildman–Crippen MR) is 124 cm³/mol. The van der Waals surface area contributed by atoms with Gasteiger partial charge in [-0.15, -0.1) is 0 Å². The number of hydrogen-bond acceptors (Lipinski definition) is 6. The molecule has 2 bridgehead atoms. The molecule has 2 atom stereocenters. The molecule has 5 heterocycles. The minimum absolute atomic E-state index is 0.0133. The summed E-state index contributed by atoms with van der Waals surface area (Å²) in [6, 6.07) is 5.78. The molecule has 3 aromatic rings. The Kier molecular flexibility index (Phi) is 5.45. The molecule has 9 nitrogen and oxygen atoms in total. The molecule has 0 saturated carbocycles. The second-order valence-electron chi connectivity index (χ2n) is 10.1. The number of rotatable bonds is 4. The van der Waals surface area contributed by atoms with E-state index in [0.717, 1.165) is 25.7 Å². The number of amides is 1. The fourth-order valence-corrected chi connectivity index (χ4v) is 5.77. The first-order chi connectivity index (χ1) is 16.9. The Morgan fingerprint density at radius 3 is 2.51 bits per heavy atom. The Hall–Kier alpha value is -3.11. The van der Waals surface area contributed by atoms with E-state index in [2.05, 4.69) is 10.1 Å². The molecule has 0 radical (unpaired) electrons. The summed E-state index contributed by atoms with van der Waals surface area (Å²) in [7, 11) is 0. The number of ether oxygens (including phenoxy) is 1. The smallest absolute Gasteiger partial charge is 0.264 e. The third kappa shape index (κ3) is 4.14. The monoisotopic (exact) mass is 481 g/mol. The third-order valence-corrected chi connectivity index (χ3v) is 7.74. The van der Waals surface area contributed by atoms with Crippen molar-refractivity contribution < 1.29 is 19.0 Å². The van der Waals surface area contributed by atoms with Crippen molar-refractivity contribution in [1.29, 1.82) is 0 Å². The van der Waals surface area contributed by atoms with Gasteiger partial charge in [0.25, 0.3) is 5.56 Å². The Balaban J connectivity index is 1.14. The van der Waals surface area contributed by atoms with Gasteiger partial charge in [0.05, 0.1) is 36.2 Å². The minimum atomic E-state index is -1.10. The molecule has 0 aliphatic carbocycles. The van der Waals surface area contributed by atoms with Gasteiger partial charge in [0.2, 0.25) is 5.91 Å². The Bertz CT molecular complexity index is 1300. The van der Waals surface area contributed by atoms with Gasteiger partial charge in [0.15, 0.2) is 5.65 Å². The summed E-state index contributed by atoms with van der Waals surface area (Å²) in [6.07, 6.45) is 7.76. The number of piperidine rings is 1. The first-order valence-corrected chi connectivity index (χ1v) is 12.2. The molecule has 1 N–H and O–H groups in total. The van der Waals surface area contributed by atoms with E-state index in [9.17, 15) is 19.1 Å². The van der Waals surface area contributed by atoms with E-state index in [4.69, 9.17) is 4.74 Å². The number of aliphatic hydroxyl groups is 1. The minimum Gasteiger partial charge on any atom is -0.388 e. The number of nitrogens with zero attached hydrogens (tertiary/aromatic N) is 5. The normalized spacial score (nSPS) is 25.8. The lowest BCUT2D eigenvalue weighted by Crippen LogP contribution is -2.51. The molecule has 1 aromatic carbocycles. The second kappa shape index (κ2) is 8.53. The molecule has 35 heavy (non-hydrogen) atoms. The number of fused-ring (bicyclic) bond motifs is 3. The average molecular weight is 482 g/mol. The highest BCUT2D eigenvalue weighted by Gasteiger charge is 2.41. The molecule has 0 spiro atoms. The Morgan fingerprint density at radius 2 is 1.83 bits per heavy atom. The maximum atomic E-state index is 13.3. The van der Waals surface area contributed by atoms with Crippen LogP contribution in [0.15, 0.2) is 41.6 Å². The Morgan fingerprint density at radius 1 is 1.14 bits per heavy atom. The van der Waals surface area contributed by atoms with Gasteiger partial charge in [-0.2, -0.15) is 5.10 Å². The third-order valence-electron chi connectivity index (χ3n) is 7.74. The lowest BCUT2D eigenvalue weighted by atomic mass is 9.88. The number of hydrogen-bond donors (Lipinski definition) is 1. The molecule has 3 aliphatic heterocycles. The van der Waals surface area contributed by atoms with Gasteiger partial charge in [-0.1, -0.05) is 0 Å². The molecule has 184 valence electrons. The lowest BCUT2D eigenvalue weighted by molar-refractivity contribution is -0.145. The molecule has 3 fully saturated rings. The maximum Gasteiger partial charge on any atom is 0.264 e. The van der Waals surface area contributed by atoms with Crippen molar-refractivity contribution in [3.8, 4) is 5.69 Å². The molecule has 2 aromatic heterocycles. The molecule has 10 heteroatoms. The van der Waals surface area contributed by atoms with Crippen molar-refractivity contribution in [1.82, 2.24) is 24.2 Å². The van der Waals surface area contributed by atoms with Gasteiger partial charge in [0.1, 0.15) is 17.5 Å². The second-order valence-corrected chi connectivity index (χ2v) is 10.1. The van der Waals surface area contributed by atoms with Gasteiger partial charge in [-0.25, -0.2) is 14.1 Å². The highest BCUT2D eigenvalue weighted by atomic mass is 19.1. The van der Waals surface area contributed by atoms with Crippen LogP contribution in [0.25, 0.3) is 16.7 Å². The zero-order chi connectivity index (χ0) is 24.2. The van der Waals surface area contributed by atoms with Crippen molar-refractivity contribution in [2.45, 2.75) is 62.9 Å². The number of benzene rings is 1. The van der Waals surface area contributed by atoms with Gasteiger partial charge in [-0.3, -0.25) is 14.2 Å². The molecular weight excluding hydrogens is 453 g/mol. The van der Waals surface area contributed by atoms with Crippen LogP contribution in [-0.2, 0) is 16.1 Å². The van der Waals surface area contributed by atoms with Gasteiger partial charge < -0.3 is 14.7 Å². The zero-order valence-electron chi connectivity index (χ0n) is 19.3. The van der Waals surface area contributed by atoms with E-state index >= 15 is 0 Å². The number of halogens is 1. The van der Waals surface area contributed by atoms with E-state index in [1.54, 1.807) is 12.1 Å². The van der Waals surface area contributed by atoms with Crippen LogP contribution in [0.4, 0.5) is 4.39 Å². The van der Waals surface area contributed by atoms with E-state index in [0.29, 0.717) is 42.7 Å². The van der Waals surface area contributed by atoms with Gasteiger partial charge in [-0.05, 0) is 62.8 Å². The summed E-state index contributed by atoms with van der Waals surface area (Å²) in [4.78, 5) is 32.5. The highest BCUT2D eigenvalue weighted by Crippen LogP contribution is 2.37. The number of aromatic nitrogens is 4. The average Bonchev–Trinajstić information content (AvgIpc) is 3.44. The van der Waals surface area contributed by atoms with Crippen LogP contribution >= 0.6 is 0 Å². The van der Waals surface area contributed by atoms with E-state index in [1.165, 1.54) is 33.9 Å². The molecule has 1 amide bonds. The van der Waals surface area contributed by atoms with Crippen LogP contribution in [0, 0.1) is 11.7 Å². The van der Waals surface area contributed by atoms with E-state index in [-0.39, 0.29) is 42.0 Å². The summed E-state index contributed by atoms with van der Waals surface area (Å²) >= 11 is 0. The molecule has 3 aliphatic rings. The summed E-state index contributed by atoms with van der Waals surface area (Å²) in [5.41, 5.74) is -0.430. The highest BCUT2D eigenvalue weighted by molar-refractivity contribution is 5.79. The fraction of sp³-hybridized carbons (Fsp3) is 0.520. The van der Waals surface area contributed by atoms with Crippen molar-refractivity contribution in [3.05, 3.63) is 53.0 Å². The number of carbonyl (C=O) groups excluding carboxylic acids is 1. The molecular formula is C25H28FN5O4. The predicted octanol–water partition coefficient (Wildman–Crippen LogP) is 2.03. The summed E-state index contributed by atoms with van der Waals surface area (Å²) < 4.78 is 22.0. The number of carbonyl (C=O) groups is 1. The van der Waals surface area contributed by atoms with Crippen LogP contribution in [0.3, 0.4) is 0 Å². The zero-order valence-corrected chi connectivity index (χ0v) is 19.3. The lowest BCUT2D eigenvalue weighted by Gasteiger charge is -2.40. The first-order valence-electron chi connectivity index (χ1n) is 12.2. The molecule has 2 unspecified atom stereocenters. The largest absolute Gasteiger partial charge is 0.388 e. The van der Waals surface area contributed by atoms with Gasteiger partial charge >= 0.3 is 0 Å². The van der Waals surface area contributed by atoms with Crippen LogP contribution < -0.4 is 5.56 Å². The van der Waals surface area contributed by atoms with Crippen LogP contribution in [0.1, 0.15) is 38.5 Å². The van der Waals surface area contributed by atoms with E-state index in [1.807, 2.05) is 4.90 Å². The topological polar surface area (TPSA) is 102 Å². The van der Waals surface area contributed by atoms with Crippen LogP contribution in [0.2, 0.25) is 0 Å². The summed E-state index contributed by atoms with van der Waals surface area (Å²) in [5, 5.41) is 15.8. The standard InChI is InChI=1S/C25H28FN5O4/c26-17-1-3-18(4-2-17)31-22-21(13-28-31)24(33)30(15-27-22)14-25(34)7-9-29(10-8-25)23(32)16-11-19-5-6-20(12-16)35-19/h1-4,13,15-16,19-20,34H,5-12,14H2. The van der Waals surface area contributed by atoms with E-state index < -0.39 is 5.60 Å². The fourth-order valence-electron chi connectivity index (χ4n) is 5.77. The maximum absolute atomic E-state index is 13.3. The Labute approximate surface area is 201 Å². The summed E-state index contributed by atoms with van der Waals surface area (Å²) in [6.45, 7) is 1.03. The van der Waals surface area contributed by atoms with Gasteiger partial charge in [0, 0.05) is 19.0 Å². The quantitative estimate of drug-likeness (QED) is 0.612. The molecule has 6 rings (SSSR count). The van der Waals surface area contributed by atoms with Crippen molar-refractivity contribution in [3.63, 3.8) is 0 Å². The van der Waals surface area contributed by atoms with Crippen LogP contribution in [0.5, 0.6) is 0 Å². The number of likely N-dealkylation sites (tertiary alicyclic amines) is 1. The first kappa shape index (κ1) is 22.4. The van der Waals surface area contributed by atoms with Crippen molar-refractivity contribution in [2.24, 2.45) is 5.92 Å². The SMILES string of the molecule is O=C(C1CC2CCC(C1)O2)N1CCC(O)(Cn2cnc3c(cnn3-c3ccc(F)cc3)c2=O)CC1. The van der Waals surface area contributed by atoms with Crippen molar-refractivity contribution in [2.75, 3.05) is 13.1 Å². The van der Waals surface area contributed by atoms with Crippen molar-refractivity contribution >= 4 is 16.9 Å². The summed E-state index contributed by atoms with van der Waals surface area (Å²) in [5.74, 6) is -0.179. The molecule has 3 saturated heterocycles. The van der Waals surface area contributed by atoms with Crippen LogP contribution in [-0.4, -0.2) is 66.1 Å².